The molecule has 0 atom stereocenters. The van der Waals surface area contributed by atoms with Gasteiger partial charge >= 0.3 is 0 Å². The quantitative estimate of drug-likeness (QED) is 0.471. The third-order valence-corrected chi connectivity index (χ3v) is 6.19. The van der Waals surface area contributed by atoms with Crippen LogP contribution in [0.15, 0.2) is 29.2 Å². The van der Waals surface area contributed by atoms with Gasteiger partial charge in [0.05, 0.1) is 29.7 Å². The zero-order valence-corrected chi connectivity index (χ0v) is 19.8. The normalized spacial score (nSPS) is 16.4. The molecule has 7 nitrogen and oxygen atoms in total. The molecule has 2 aliphatic rings. The molecule has 0 aromatic heterocycles. The highest BCUT2D eigenvalue weighted by Gasteiger charge is 2.36. The molecule has 1 saturated heterocycles. The van der Waals surface area contributed by atoms with Crippen molar-refractivity contribution >= 4 is 52.2 Å². The monoisotopic (exact) mass is 495 g/mol. The summed E-state index contributed by atoms with van der Waals surface area (Å²) in [5, 5.41) is 0.331. The van der Waals surface area contributed by atoms with Crippen molar-refractivity contribution < 1.29 is 28.5 Å². The Kier molecular flexibility index (Phi) is 6.46. The second-order valence-electron chi connectivity index (χ2n) is 7.27. The molecule has 0 bridgehead atoms. The fraction of sp³-hybridized carbons (Fsp3) is 0.273. The smallest absolute Gasteiger partial charge is 0.293 e. The molecule has 0 radical (unpaired) electrons. The Labute approximate surface area is 199 Å². The van der Waals surface area contributed by atoms with Crippen molar-refractivity contribution in [2.45, 2.75) is 26.5 Å². The van der Waals surface area contributed by atoms with Gasteiger partial charge in [-0.3, -0.25) is 14.5 Å². The van der Waals surface area contributed by atoms with Crippen molar-refractivity contribution in [2.24, 2.45) is 0 Å². The zero-order chi connectivity index (χ0) is 23.0. The first-order valence-electron chi connectivity index (χ1n) is 9.64. The Morgan fingerprint density at radius 1 is 1.12 bits per heavy atom. The largest absolute Gasteiger partial charge is 0.493 e. The highest BCUT2D eigenvalue weighted by molar-refractivity contribution is 8.18. The fourth-order valence-electron chi connectivity index (χ4n) is 3.21. The van der Waals surface area contributed by atoms with E-state index in [0.717, 1.165) is 16.7 Å². The van der Waals surface area contributed by atoms with Crippen molar-refractivity contribution in [2.75, 3.05) is 13.9 Å². The van der Waals surface area contributed by atoms with Crippen molar-refractivity contribution in [1.29, 1.82) is 0 Å². The fourth-order valence-corrected chi connectivity index (χ4v) is 4.53. The SMILES string of the molecule is COc1cc(/C=C2\SC(=O)N(Cc3cc4c(cc3Cl)OCO4)C2=O)cc(Cl)c1OC(C)C. The first-order valence-corrected chi connectivity index (χ1v) is 11.2. The Hall–Kier alpha value is -2.55. The molecule has 2 aromatic rings. The van der Waals surface area contributed by atoms with Crippen molar-refractivity contribution in [3.63, 3.8) is 0 Å². The van der Waals surface area contributed by atoms with Crippen LogP contribution in [0.4, 0.5) is 4.79 Å². The number of hydrogen-bond acceptors (Lipinski definition) is 7. The predicted octanol–water partition coefficient (Wildman–Crippen LogP) is 5.75. The first-order chi connectivity index (χ1) is 15.3. The maximum Gasteiger partial charge on any atom is 0.293 e. The Balaban J connectivity index is 1.58. The molecule has 0 unspecified atom stereocenters. The first kappa shape index (κ1) is 22.6. The molecule has 2 aromatic carbocycles. The summed E-state index contributed by atoms with van der Waals surface area (Å²) in [5.74, 6) is 1.49. The van der Waals surface area contributed by atoms with Crippen molar-refractivity contribution in [3.05, 3.63) is 50.3 Å². The van der Waals surface area contributed by atoms with Gasteiger partial charge < -0.3 is 18.9 Å². The van der Waals surface area contributed by atoms with Crippen LogP contribution >= 0.6 is 35.0 Å². The van der Waals surface area contributed by atoms with Crippen LogP contribution in [0.1, 0.15) is 25.0 Å². The number of halogens is 2. The summed E-state index contributed by atoms with van der Waals surface area (Å²) < 4.78 is 21.7. The number of imide groups is 1. The summed E-state index contributed by atoms with van der Waals surface area (Å²) in [6, 6.07) is 6.65. The molecule has 0 N–H and O–H groups in total. The van der Waals surface area contributed by atoms with Gasteiger partial charge in [-0.1, -0.05) is 23.2 Å². The van der Waals surface area contributed by atoms with Gasteiger partial charge in [-0.2, -0.15) is 0 Å². The lowest BCUT2D eigenvalue weighted by Gasteiger charge is -2.16. The number of methoxy groups -OCH3 is 1. The molecule has 4 rings (SSSR count). The second kappa shape index (κ2) is 9.13. The lowest BCUT2D eigenvalue weighted by Crippen LogP contribution is -2.27. The molecular formula is C22H19Cl2NO6S. The highest BCUT2D eigenvalue weighted by atomic mass is 35.5. The standard InChI is InChI=1S/C22H19Cl2NO6S/c1-11(2)31-20-15(24)4-12(5-18(20)28-3)6-19-21(26)25(22(27)32-19)9-13-7-16-17(8-14(13)23)30-10-29-16/h4-8,11H,9-10H2,1-3H3/b19-6-. The summed E-state index contributed by atoms with van der Waals surface area (Å²) in [6.07, 6.45) is 1.51. The average Bonchev–Trinajstić information content (AvgIpc) is 3.28. The number of thioether (sulfide) groups is 1. The molecule has 0 saturated carbocycles. The minimum atomic E-state index is -0.425. The van der Waals surface area contributed by atoms with Gasteiger partial charge in [-0.15, -0.1) is 0 Å². The van der Waals surface area contributed by atoms with E-state index in [1.54, 1.807) is 30.3 Å². The lowest BCUT2D eigenvalue weighted by molar-refractivity contribution is -0.123. The molecule has 2 heterocycles. The molecule has 0 spiro atoms. The van der Waals surface area contributed by atoms with Gasteiger partial charge in [0.1, 0.15) is 0 Å². The molecule has 32 heavy (non-hydrogen) atoms. The predicted molar refractivity (Wildman–Crippen MR) is 123 cm³/mol. The number of fused-ring (bicyclic) bond motifs is 1. The third-order valence-electron chi connectivity index (χ3n) is 4.65. The van der Waals surface area contributed by atoms with Crippen LogP contribution in [0, 0.1) is 0 Å². The summed E-state index contributed by atoms with van der Waals surface area (Å²) in [7, 11) is 1.51. The van der Waals surface area contributed by atoms with Gasteiger partial charge in [-0.25, -0.2) is 0 Å². The van der Waals surface area contributed by atoms with Crippen molar-refractivity contribution in [1.82, 2.24) is 4.90 Å². The lowest BCUT2D eigenvalue weighted by atomic mass is 10.1. The van der Waals surface area contributed by atoms with E-state index in [9.17, 15) is 9.59 Å². The third kappa shape index (κ3) is 4.48. The van der Waals surface area contributed by atoms with Crippen LogP contribution in [0.5, 0.6) is 23.0 Å². The highest BCUT2D eigenvalue weighted by Crippen LogP contribution is 2.41. The van der Waals surface area contributed by atoms with Gasteiger partial charge in [0.2, 0.25) is 6.79 Å². The zero-order valence-electron chi connectivity index (χ0n) is 17.4. The van der Waals surface area contributed by atoms with E-state index in [-0.39, 0.29) is 24.3 Å². The second-order valence-corrected chi connectivity index (χ2v) is 9.07. The number of benzene rings is 2. The summed E-state index contributed by atoms with van der Waals surface area (Å²) in [4.78, 5) is 26.9. The van der Waals surface area contributed by atoms with Crippen LogP contribution in [0.2, 0.25) is 10.0 Å². The maximum absolute atomic E-state index is 12.9. The average molecular weight is 496 g/mol. The van der Waals surface area contributed by atoms with E-state index >= 15 is 0 Å². The summed E-state index contributed by atoms with van der Waals surface area (Å²) in [5.41, 5.74) is 1.19. The molecule has 2 aliphatic heterocycles. The Morgan fingerprint density at radius 3 is 2.53 bits per heavy atom. The van der Waals surface area contributed by atoms with Crippen LogP contribution < -0.4 is 18.9 Å². The number of ether oxygens (including phenoxy) is 4. The molecule has 2 amide bonds. The van der Waals surface area contributed by atoms with Gasteiger partial charge in [0, 0.05) is 11.1 Å². The van der Waals surface area contributed by atoms with Gasteiger partial charge in [0.15, 0.2) is 23.0 Å². The number of nitrogens with zero attached hydrogens (tertiary/aromatic N) is 1. The van der Waals surface area contributed by atoms with Crippen LogP contribution in [0.25, 0.3) is 6.08 Å². The van der Waals surface area contributed by atoms with Crippen LogP contribution in [-0.4, -0.2) is 36.1 Å². The number of rotatable bonds is 6. The van der Waals surface area contributed by atoms with E-state index in [0.29, 0.717) is 44.2 Å². The Morgan fingerprint density at radius 2 is 1.84 bits per heavy atom. The minimum Gasteiger partial charge on any atom is -0.493 e. The summed E-state index contributed by atoms with van der Waals surface area (Å²) in [6.45, 7) is 3.88. The van der Waals surface area contributed by atoms with E-state index in [1.807, 2.05) is 13.8 Å². The molecular weight excluding hydrogens is 477 g/mol. The van der Waals surface area contributed by atoms with E-state index in [2.05, 4.69) is 0 Å². The van der Waals surface area contributed by atoms with Crippen molar-refractivity contribution in [3.8, 4) is 23.0 Å². The number of amides is 2. The maximum atomic E-state index is 12.9. The molecule has 168 valence electrons. The van der Waals surface area contributed by atoms with E-state index in [4.69, 9.17) is 42.1 Å². The van der Waals surface area contributed by atoms with Crippen LogP contribution in [-0.2, 0) is 11.3 Å². The van der Waals surface area contributed by atoms with E-state index in [1.165, 1.54) is 7.11 Å². The van der Waals surface area contributed by atoms with Crippen LogP contribution in [0.3, 0.4) is 0 Å². The topological polar surface area (TPSA) is 74.3 Å². The molecule has 1 fully saturated rings. The minimum absolute atomic E-state index is 0.0166. The molecule has 10 heteroatoms. The number of carbonyl (C=O) groups is 2. The van der Waals surface area contributed by atoms with Gasteiger partial charge in [0.25, 0.3) is 11.1 Å². The van der Waals surface area contributed by atoms with E-state index < -0.39 is 11.1 Å². The van der Waals surface area contributed by atoms with Gasteiger partial charge in [-0.05, 0) is 61.0 Å². The summed E-state index contributed by atoms with van der Waals surface area (Å²) >= 11 is 13.5. The number of hydrogen-bond donors (Lipinski definition) is 0. The number of carbonyl (C=O) groups excluding carboxylic acids is 2. The molecule has 0 aliphatic carbocycles. The Bertz CT molecular complexity index is 1130.